The molecule has 0 aliphatic carbocycles. The van der Waals surface area contributed by atoms with Crippen LogP contribution in [0, 0.1) is 5.92 Å². The average molecular weight is 507 g/mol. The summed E-state index contributed by atoms with van der Waals surface area (Å²) in [6, 6.07) is 0.517. The molecule has 1 unspecified atom stereocenters. The van der Waals surface area contributed by atoms with E-state index in [0.717, 1.165) is 44.5 Å². The summed E-state index contributed by atoms with van der Waals surface area (Å²) < 4.78 is 5.50. The van der Waals surface area contributed by atoms with Gasteiger partial charge in [0.1, 0.15) is 0 Å². The van der Waals surface area contributed by atoms with Crippen molar-refractivity contribution in [2.45, 2.75) is 45.1 Å². The lowest BCUT2D eigenvalue weighted by molar-refractivity contribution is 0.150. The number of guanidine groups is 1. The van der Waals surface area contributed by atoms with Gasteiger partial charge in [0, 0.05) is 63.4 Å². The van der Waals surface area contributed by atoms with E-state index in [0.29, 0.717) is 6.04 Å². The number of piperidine rings is 1. The lowest BCUT2D eigenvalue weighted by Crippen LogP contribution is -2.49. The molecule has 1 atom stereocenters. The Labute approximate surface area is 184 Å². The molecule has 8 heteroatoms. The zero-order chi connectivity index (χ0) is 18.2. The second-order valence-corrected chi connectivity index (χ2v) is 8.47. The number of nitrogens with zero attached hydrogens (tertiary/aromatic N) is 3. The maximum atomic E-state index is 5.50. The molecular weight excluding hydrogens is 473 g/mol. The van der Waals surface area contributed by atoms with Crippen LogP contribution >= 0.6 is 35.3 Å². The van der Waals surface area contributed by atoms with E-state index in [1.165, 1.54) is 48.8 Å². The first-order valence-corrected chi connectivity index (χ1v) is 10.8. The van der Waals surface area contributed by atoms with Gasteiger partial charge in [0.2, 0.25) is 0 Å². The number of ether oxygens (including phenoxy) is 1. The highest BCUT2D eigenvalue weighted by Gasteiger charge is 2.24. The van der Waals surface area contributed by atoms with Gasteiger partial charge in [0.25, 0.3) is 0 Å². The smallest absolute Gasteiger partial charge is 0.191 e. The summed E-state index contributed by atoms with van der Waals surface area (Å²) in [6.07, 6.45) is 7.61. The first kappa shape index (κ1) is 22.8. The predicted octanol–water partition coefficient (Wildman–Crippen LogP) is 2.53. The number of hydrogen-bond donors (Lipinski definition) is 2. The molecule has 0 aromatic carbocycles. The molecule has 0 radical (unpaired) electrons. The Morgan fingerprint density at radius 3 is 2.81 bits per heavy atom. The van der Waals surface area contributed by atoms with Crippen LogP contribution in [0.25, 0.3) is 0 Å². The number of thiazole rings is 1. The van der Waals surface area contributed by atoms with E-state index in [-0.39, 0.29) is 24.0 Å². The topological polar surface area (TPSA) is 61.8 Å². The summed E-state index contributed by atoms with van der Waals surface area (Å²) in [5.74, 6) is 1.66. The Balaban J connectivity index is 0.00000261. The molecule has 1 aromatic heterocycles. The molecule has 6 nitrogen and oxygen atoms in total. The highest BCUT2D eigenvalue weighted by molar-refractivity contribution is 14.0. The summed E-state index contributed by atoms with van der Waals surface area (Å²) >= 11 is 1.82. The molecule has 3 heterocycles. The molecule has 2 fully saturated rings. The fourth-order valence-corrected chi connectivity index (χ4v) is 4.52. The lowest BCUT2D eigenvalue weighted by Gasteiger charge is -2.34. The number of halogens is 1. The molecule has 0 amide bonds. The van der Waals surface area contributed by atoms with Crippen molar-refractivity contribution >= 4 is 41.3 Å². The third-order valence-electron chi connectivity index (χ3n) is 5.27. The van der Waals surface area contributed by atoms with Crippen LogP contribution in [-0.4, -0.2) is 68.3 Å². The number of aryl methyl sites for hydroxylation is 1. The minimum atomic E-state index is 0. The highest BCUT2D eigenvalue weighted by atomic mass is 127. The molecule has 27 heavy (non-hydrogen) atoms. The maximum absolute atomic E-state index is 5.50. The number of likely N-dealkylation sites (tertiary alicyclic amines) is 1. The lowest BCUT2D eigenvalue weighted by atomic mass is 10.0. The molecule has 2 aliphatic heterocycles. The van der Waals surface area contributed by atoms with Crippen molar-refractivity contribution in [1.29, 1.82) is 0 Å². The molecule has 1 aromatic rings. The van der Waals surface area contributed by atoms with Crippen molar-refractivity contribution in [2.75, 3.05) is 46.4 Å². The van der Waals surface area contributed by atoms with Crippen LogP contribution < -0.4 is 10.6 Å². The number of hydrogen-bond acceptors (Lipinski definition) is 5. The molecule has 0 saturated carbocycles. The second kappa shape index (κ2) is 12.2. The van der Waals surface area contributed by atoms with Crippen molar-refractivity contribution in [1.82, 2.24) is 20.5 Å². The third kappa shape index (κ3) is 7.47. The Morgan fingerprint density at radius 2 is 2.19 bits per heavy atom. The normalized spacial score (nSPS) is 21.9. The van der Waals surface area contributed by atoms with E-state index < -0.39 is 0 Å². The minimum absolute atomic E-state index is 0. The summed E-state index contributed by atoms with van der Waals surface area (Å²) in [5.41, 5.74) is 0. The second-order valence-electron chi connectivity index (χ2n) is 7.27. The Morgan fingerprint density at radius 1 is 1.37 bits per heavy atom. The maximum Gasteiger partial charge on any atom is 0.191 e. The van der Waals surface area contributed by atoms with E-state index in [1.807, 2.05) is 24.6 Å². The third-order valence-corrected chi connectivity index (χ3v) is 6.48. The SMILES string of the molecule is CCc1cnc(CCNC(=NC)NC2CCN(CC3CCOC3)CC2)s1.I. The van der Waals surface area contributed by atoms with Crippen LogP contribution in [0.4, 0.5) is 0 Å². The van der Waals surface area contributed by atoms with Crippen LogP contribution in [0.2, 0.25) is 0 Å². The van der Waals surface area contributed by atoms with Gasteiger partial charge >= 0.3 is 0 Å². The molecule has 0 bridgehead atoms. The fourth-order valence-electron chi connectivity index (χ4n) is 3.66. The van der Waals surface area contributed by atoms with Gasteiger partial charge in [-0.25, -0.2) is 4.98 Å². The van der Waals surface area contributed by atoms with E-state index in [4.69, 9.17) is 4.74 Å². The van der Waals surface area contributed by atoms with E-state index in [9.17, 15) is 0 Å². The minimum Gasteiger partial charge on any atom is -0.381 e. The van der Waals surface area contributed by atoms with E-state index in [1.54, 1.807) is 0 Å². The van der Waals surface area contributed by atoms with Crippen molar-refractivity contribution in [2.24, 2.45) is 10.9 Å². The number of nitrogens with one attached hydrogen (secondary N) is 2. The van der Waals surface area contributed by atoms with Crippen LogP contribution in [0.5, 0.6) is 0 Å². The van der Waals surface area contributed by atoms with Gasteiger partial charge in [-0.2, -0.15) is 0 Å². The number of rotatable bonds is 7. The number of aromatic nitrogens is 1. The summed E-state index contributed by atoms with van der Waals surface area (Å²) in [5, 5.41) is 8.23. The predicted molar refractivity (Wildman–Crippen MR) is 123 cm³/mol. The highest BCUT2D eigenvalue weighted by Crippen LogP contribution is 2.17. The zero-order valence-corrected chi connectivity index (χ0v) is 19.7. The molecule has 2 aliphatic rings. The molecule has 2 N–H and O–H groups in total. The molecule has 154 valence electrons. The van der Waals surface area contributed by atoms with Crippen LogP contribution in [-0.2, 0) is 17.6 Å². The van der Waals surface area contributed by atoms with E-state index in [2.05, 4.69) is 32.4 Å². The Kier molecular flexibility index (Phi) is 10.3. The molecule has 2 saturated heterocycles. The van der Waals surface area contributed by atoms with Crippen LogP contribution in [0.15, 0.2) is 11.2 Å². The Bertz CT molecular complexity index is 568. The van der Waals surface area contributed by atoms with Crippen molar-refractivity contribution in [3.8, 4) is 0 Å². The van der Waals surface area contributed by atoms with Crippen LogP contribution in [0.3, 0.4) is 0 Å². The fraction of sp³-hybridized carbons (Fsp3) is 0.789. The molecule has 0 spiro atoms. The Hall–Kier alpha value is -0.450. The van der Waals surface area contributed by atoms with Gasteiger partial charge in [-0.3, -0.25) is 4.99 Å². The summed E-state index contributed by atoms with van der Waals surface area (Å²) in [7, 11) is 1.85. The van der Waals surface area contributed by atoms with E-state index >= 15 is 0 Å². The molecular formula is C19H34IN5OS. The van der Waals surface area contributed by atoms with Gasteiger partial charge in [0.15, 0.2) is 5.96 Å². The van der Waals surface area contributed by atoms with Crippen molar-refractivity contribution in [3.63, 3.8) is 0 Å². The quantitative estimate of drug-likeness (QED) is 0.338. The zero-order valence-electron chi connectivity index (χ0n) is 16.6. The summed E-state index contributed by atoms with van der Waals surface area (Å²) in [6.45, 7) is 8.49. The van der Waals surface area contributed by atoms with Crippen molar-refractivity contribution in [3.05, 3.63) is 16.1 Å². The van der Waals surface area contributed by atoms with Gasteiger partial charge < -0.3 is 20.3 Å². The first-order chi connectivity index (χ1) is 12.8. The standard InChI is InChI=1S/C19H33N5OS.HI/c1-3-17-12-22-18(26-17)4-8-21-19(20-2)23-16-5-9-24(10-6-16)13-15-7-11-25-14-15;/h12,15-16H,3-11,13-14H2,1-2H3,(H2,20,21,23);1H. The monoisotopic (exact) mass is 507 g/mol. The summed E-state index contributed by atoms with van der Waals surface area (Å²) in [4.78, 5) is 12.8. The van der Waals surface area contributed by atoms with Gasteiger partial charge in [-0.15, -0.1) is 35.3 Å². The number of aliphatic imine (C=N–C) groups is 1. The van der Waals surface area contributed by atoms with Crippen LogP contribution in [0.1, 0.15) is 36.1 Å². The molecule has 3 rings (SSSR count). The van der Waals surface area contributed by atoms with Gasteiger partial charge in [0.05, 0.1) is 11.6 Å². The average Bonchev–Trinajstić information content (AvgIpc) is 3.34. The first-order valence-electron chi connectivity index (χ1n) is 9.97. The largest absolute Gasteiger partial charge is 0.381 e. The van der Waals surface area contributed by atoms with Gasteiger partial charge in [-0.1, -0.05) is 6.92 Å². The van der Waals surface area contributed by atoms with Gasteiger partial charge in [-0.05, 0) is 31.6 Å². The van der Waals surface area contributed by atoms with Crippen molar-refractivity contribution < 1.29 is 4.74 Å².